The first-order valence-corrected chi connectivity index (χ1v) is 9.78. The van der Waals surface area contributed by atoms with Crippen LogP contribution in [0.15, 0.2) is 57.6 Å². The standard InChI is InChI=1S/C18H18N4O5S/c1-10(2)22-28(26,27)11-7-8-14-13(9-11)16(17(23)19-14)21-20-15-6-4-3-5-12(15)18(24)25/h3-10,19,22-23H,1-2H3,(H,24,25). The van der Waals surface area contributed by atoms with E-state index in [4.69, 9.17) is 0 Å². The fourth-order valence-electron chi connectivity index (χ4n) is 2.63. The van der Waals surface area contributed by atoms with Crippen LogP contribution in [-0.2, 0) is 10.0 Å². The summed E-state index contributed by atoms with van der Waals surface area (Å²) in [4.78, 5) is 14.0. The Hall–Kier alpha value is -3.24. The van der Waals surface area contributed by atoms with Crippen LogP contribution in [0.1, 0.15) is 24.2 Å². The van der Waals surface area contributed by atoms with Gasteiger partial charge in [0.1, 0.15) is 5.69 Å². The van der Waals surface area contributed by atoms with Gasteiger partial charge in [-0.1, -0.05) is 12.1 Å². The smallest absolute Gasteiger partial charge is 0.337 e. The summed E-state index contributed by atoms with van der Waals surface area (Å²) in [5.41, 5.74) is 0.530. The highest BCUT2D eigenvalue weighted by molar-refractivity contribution is 7.89. The van der Waals surface area contributed by atoms with Crippen molar-refractivity contribution in [3.63, 3.8) is 0 Å². The molecular formula is C18H18N4O5S. The van der Waals surface area contributed by atoms with Gasteiger partial charge >= 0.3 is 5.97 Å². The van der Waals surface area contributed by atoms with Gasteiger partial charge in [-0.3, -0.25) is 0 Å². The SMILES string of the molecule is CC(C)NS(=O)(=O)c1ccc2[nH]c(O)c(N=Nc3ccccc3C(=O)O)c2c1. The van der Waals surface area contributed by atoms with E-state index in [1.165, 1.54) is 30.3 Å². The number of nitrogens with zero attached hydrogens (tertiary/aromatic N) is 2. The summed E-state index contributed by atoms with van der Waals surface area (Å²) < 4.78 is 27.3. The molecule has 3 aromatic rings. The Bertz CT molecular complexity index is 1180. The van der Waals surface area contributed by atoms with Crippen molar-refractivity contribution in [3.8, 4) is 5.88 Å². The predicted octanol–water partition coefficient (Wildman–Crippen LogP) is 3.67. The number of H-pyrrole nitrogens is 1. The van der Waals surface area contributed by atoms with Gasteiger partial charge in [-0.05, 0) is 44.2 Å². The first-order valence-electron chi connectivity index (χ1n) is 8.30. The van der Waals surface area contributed by atoms with Crippen molar-refractivity contribution in [2.45, 2.75) is 24.8 Å². The molecule has 0 radical (unpaired) electrons. The molecule has 4 N–H and O–H groups in total. The average Bonchev–Trinajstić information content (AvgIpc) is 2.93. The van der Waals surface area contributed by atoms with E-state index in [-0.39, 0.29) is 33.8 Å². The number of aromatic amines is 1. The number of benzene rings is 2. The van der Waals surface area contributed by atoms with E-state index in [2.05, 4.69) is 19.9 Å². The van der Waals surface area contributed by atoms with Gasteiger partial charge in [0.05, 0.1) is 16.0 Å². The fourth-order valence-corrected chi connectivity index (χ4v) is 3.91. The Kier molecular flexibility index (Phi) is 5.16. The number of fused-ring (bicyclic) bond motifs is 1. The van der Waals surface area contributed by atoms with Gasteiger partial charge in [-0.15, -0.1) is 10.2 Å². The number of carbonyl (C=O) groups is 1. The highest BCUT2D eigenvalue weighted by atomic mass is 32.2. The normalized spacial score (nSPS) is 12.2. The summed E-state index contributed by atoms with van der Waals surface area (Å²) in [6.07, 6.45) is 0. The maximum Gasteiger partial charge on any atom is 0.337 e. The van der Waals surface area contributed by atoms with Crippen LogP contribution in [0.25, 0.3) is 10.9 Å². The van der Waals surface area contributed by atoms with E-state index < -0.39 is 16.0 Å². The van der Waals surface area contributed by atoms with Crippen molar-refractivity contribution >= 4 is 38.3 Å². The number of carboxylic acid groups (broad SMARTS) is 1. The Morgan fingerprint density at radius 2 is 1.86 bits per heavy atom. The molecule has 28 heavy (non-hydrogen) atoms. The minimum absolute atomic E-state index is 0.00934. The number of aromatic nitrogens is 1. The van der Waals surface area contributed by atoms with Gasteiger partial charge in [0, 0.05) is 11.4 Å². The summed E-state index contributed by atoms with van der Waals surface area (Å²) >= 11 is 0. The number of hydrogen-bond donors (Lipinski definition) is 4. The number of sulfonamides is 1. The number of aromatic hydroxyl groups is 1. The zero-order chi connectivity index (χ0) is 20.5. The second-order valence-electron chi connectivity index (χ2n) is 6.33. The summed E-state index contributed by atoms with van der Waals surface area (Å²) in [5.74, 6) is -1.47. The first-order chi connectivity index (χ1) is 13.2. The molecule has 1 aromatic heterocycles. The zero-order valence-electron chi connectivity index (χ0n) is 15.0. The fraction of sp³-hybridized carbons (Fsp3) is 0.167. The van der Waals surface area contributed by atoms with Crippen LogP contribution in [0, 0.1) is 0 Å². The Morgan fingerprint density at radius 3 is 2.54 bits per heavy atom. The molecule has 0 bridgehead atoms. The lowest BCUT2D eigenvalue weighted by molar-refractivity contribution is 0.0697. The highest BCUT2D eigenvalue weighted by Crippen LogP contribution is 2.37. The number of carboxylic acids is 1. The molecule has 9 nitrogen and oxygen atoms in total. The van der Waals surface area contributed by atoms with Gasteiger partial charge in [0.15, 0.2) is 5.69 Å². The second-order valence-corrected chi connectivity index (χ2v) is 8.04. The third-order valence-corrected chi connectivity index (χ3v) is 5.47. The van der Waals surface area contributed by atoms with Crippen LogP contribution < -0.4 is 4.72 Å². The van der Waals surface area contributed by atoms with E-state index in [9.17, 15) is 23.4 Å². The van der Waals surface area contributed by atoms with Gasteiger partial charge < -0.3 is 15.2 Å². The minimum atomic E-state index is -3.74. The molecule has 0 saturated carbocycles. The largest absolute Gasteiger partial charge is 0.493 e. The monoisotopic (exact) mass is 402 g/mol. The van der Waals surface area contributed by atoms with E-state index >= 15 is 0 Å². The lowest BCUT2D eigenvalue weighted by Gasteiger charge is -2.09. The molecule has 1 heterocycles. The van der Waals surface area contributed by atoms with Crippen molar-refractivity contribution < 1.29 is 23.4 Å². The number of rotatable bonds is 6. The van der Waals surface area contributed by atoms with Gasteiger partial charge in [-0.25, -0.2) is 17.9 Å². The summed E-state index contributed by atoms with van der Waals surface area (Å²) in [5, 5.41) is 27.6. The molecule has 0 unspecified atom stereocenters. The third kappa shape index (κ3) is 3.87. The lowest BCUT2D eigenvalue weighted by atomic mass is 10.2. The average molecular weight is 402 g/mol. The summed E-state index contributed by atoms with van der Waals surface area (Å²) in [6.45, 7) is 3.41. The van der Waals surface area contributed by atoms with Crippen molar-refractivity contribution in [1.29, 1.82) is 0 Å². The number of hydrogen-bond acceptors (Lipinski definition) is 6. The second kappa shape index (κ2) is 7.41. The number of azo groups is 1. The van der Waals surface area contributed by atoms with E-state index in [0.29, 0.717) is 10.9 Å². The van der Waals surface area contributed by atoms with Crippen LogP contribution >= 0.6 is 0 Å². The molecular weight excluding hydrogens is 384 g/mol. The van der Waals surface area contributed by atoms with Gasteiger partial charge in [-0.2, -0.15) is 0 Å². The van der Waals surface area contributed by atoms with Crippen LogP contribution in [0.4, 0.5) is 11.4 Å². The Labute approximate surface area is 160 Å². The van der Waals surface area contributed by atoms with Crippen LogP contribution in [-0.4, -0.2) is 35.6 Å². The Morgan fingerprint density at radius 1 is 1.14 bits per heavy atom. The van der Waals surface area contributed by atoms with Crippen LogP contribution in [0.2, 0.25) is 0 Å². The number of aromatic carboxylic acids is 1. The molecule has 0 fully saturated rings. The van der Waals surface area contributed by atoms with E-state index in [1.54, 1.807) is 26.0 Å². The van der Waals surface area contributed by atoms with Crippen LogP contribution in [0.5, 0.6) is 5.88 Å². The molecule has 3 rings (SSSR count). The molecule has 146 valence electrons. The predicted molar refractivity (Wildman–Crippen MR) is 103 cm³/mol. The molecule has 2 aromatic carbocycles. The van der Waals surface area contributed by atoms with Crippen molar-refractivity contribution in [2.24, 2.45) is 10.2 Å². The van der Waals surface area contributed by atoms with Gasteiger partial charge in [0.25, 0.3) is 0 Å². The molecule has 0 aliphatic rings. The van der Waals surface area contributed by atoms with Crippen molar-refractivity contribution in [1.82, 2.24) is 9.71 Å². The quantitative estimate of drug-likeness (QED) is 0.465. The van der Waals surface area contributed by atoms with Crippen LogP contribution in [0.3, 0.4) is 0 Å². The molecule has 0 aliphatic heterocycles. The molecule has 0 aliphatic carbocycles. The molecule has 0 atom stereocenters. The van der Waals surface area contributed by atoms with Gasteiger partial charge in [0.2, 0.25) is 15.9 Å². The van der Waals surface area contributed by atoms with E-state index in [0.717, 1.165) is 0 Å². The molecule has 0 saturated heterocycles. The summed E-state index contributed by atoms with van der Waals surface area (Å²) in [7, 11) is -3.74. The summed E-state index contributed by atoms with van der Waals surface area (Å²) in [6, 6.07) is 10.0. The van der Waals surface area contributed by atoms with E-state index in [1.807, 2.05) is 0 Å². The van der Waals surface area contributed by atoms with Crippen molar-refractivity contribution in [3.05, 3.63) is 48.0 Å². The molecule has 0 amide bonds. The van der Waals surface area contributed by atoms with Crippen molar-refractivity contribution in [2.75, 3.05) is 0 Å². The topological polar surface area (TPSA) is 144 Å². The maximum atomic E-state index is 12.4. The highest BCUT2D eigenvalue weighted by Gasteiger charge is 2.19. The number of nitrogens with one attached hydrogen (secondary N) is 2. The first kappa shape index (κ1) is 19.5. The maximum absolute atomic E-state index is 12.4. The third-order valence-electron chi connectivity index (χ3n) is 3.82. The molecule has 10 heteroatoms. The zero-order valence-corrected chi connectivity index (χ0v) is 15.9. The minimum Gasteiger partial charge on any atom is -0.493 e. The Balaban J connectivity index is 2.08. The molecule has 0 spiro atoms. The lowest BCUT2D eigenvalue weighted by Crippen LogP contribution is -2.30.